The van der Waals surface area contributed by atoms with Crippen LogP contribution >= 0.6 is 0 Å². The van der Waals surface area contributed by atoms with Crippen LogP contribution in [0.3, 0.4) is 0 Å². The van der Waals surface area contributed by atoms with Gasteiger partial charge in [-0.1, -0.05) is 6.07 Å². The monoisotopic (exact) mass is 246 g/mol. The van der Waals surface area contributed by atoms with Crippen molar-refractivity contribution in [3.8, 4) is 5.75 Å². The van der Waals surface area contributed by atoms with Crippen molar-refractivity contribution in [2.45, 2.75) is 26.6 Å². The van der Waals surface area contributed by atoms with Crippen LogP contribution in [0.5, 0.6) is 5.75 Å². The van der Waals surface area contributed by atoms with Crippen molar-refractivity contribution in [3.05, 3.63) is 28.8 Å². The number of carboxylic acids is 1. The zero-order valence-corrected chi connectivity index (χ0v) is 9.28. The van der Waals surface area contributed by atoms with Crippen LogP contribution in [0.25, 0.3) is 0 Å². The number of hydrogen-bond donors (Lipinski definition) is 2. The zero-order valence-electron chi connectivity index (χ0n) is 9.28. The highest BCUT2D eigenvalue weighted by Crippen LogP contribution is 2.30. The number of rotatable bonds is 4. The Morgan fingerprint density at radius 1 is 1.35 bits per heavy atom. The van der Waals surface area contributed by atoms with Crippen LogP contribution in [0.1, 0.15) is 22.8 Å². The third-order valence-corrected chi connectivity index (χ3v) is 2.41. The van der Waals surface area contributed by atoms with E-state index in [4.69, 9.17) is 5.11 Å². The highest BCUT2D eigenvalue weighted by atomic mass is 19.3. The van der Waals surface area contributed by atoms with Gasteiger partial charge in [0.2, 0.25) is 0 Å². The molecule has 0 radical (unpaired) electrons. The van der Waals surface area contributed by atoms with E-state index < -0.39 is 18.7 Å². The first kappa shape index (κ1) is 13.4. The Balaban J connectivity index is 3.24. The van der Waals surface area contributed by atoms with E-state index in [1.54, 1.807) is 6.92 Å². The molecule has 0 amide bonds. The molecule has 0 aliphatic heterocycles. The maximum atomic E-state index is 12.1. The van der Waals surface area contributed by atoms with Crippen molar-refractivity contribution >= 4 is 5.97 Å². The summed E-state index contributed by atoms with van der Waals surface area (Å²) >= 11 is 0. The lowest BCUT2D eigenvalue weighted by atomic mass is 9.97. The highest BCUT2D eigenvalue weighted by Gasteiger charge is 2.23. The van der Waals surface area contributed by atoms with Gasteiger partial charge in [0.1, 0.15) is 5.75 Å². The molecule has 0 saturated heterocycles. The third-order valence-electron chi connectivity index (χ3n) is 2.41. The number of aliphatic hydroxyl groups is 1. The summed E-state index contributed by atoms with van der Waals surface area (Å²) in [5, 5.41) is 18.2. The van der Waals surface area contributed by atoms with Crippen molar-refractivity contribution in [2.75, 3.05) is 0 Å². The Labute approximate surface area is 96.5 Å². The molecule has 0 aliphatic carbocycles. The second-order valence-corrected chi connectivity index (χ2v) is 3.54. The van der Waals surface area contributed by atoms with Gasteiger partial charge in [0, 0.05) is 5.56 Å². The van der Waals surface area contributed by atoms with E-state index in [0.29, 0.717) is 5.56 Å². The number of alkyl halides is 2. The average molecular weight is 246 g/mol. The molecule has 1 atom stereocenters. The van der Waals surface area contributed by atoms with Crippen molar-refractivity contribution in [3.63, 3.8) is 0 Å². The zero-order chi connectivity index (χ0) is 13.2. The molecule has 0 bridgehead atoms. The van der Waals surface area contributed by atoms with Gasteiger partial charge in [-0.2, -0.15) is 8.78 Å². The van der Waals surface area contributed by atoms with Gasteiger partial charge in [0.15, 0.2) is 6.10 Å². The molecule has 0 spiro atoms. The second-order valence-electron chi connectivity index (χ2n) is 3.54. The molecule has 1 unspecified atom stereocenters. The number of halogens is 2. The maximum absolute atomic E-state index is 12.1. The van der Waals surface area contributed by atoms with Crippen molar-refractivity contribution < 1.29 is 28.5 Å². The first-order valence-corrected chi connectivity index (χ1v) is 4.80. The minimum absolute atomic E-state index is 0.0793. The number of carboxylic acid groups (broad SMARTS) is 1. The van der Waals surface area contributed by atoms with E-state index in [-0.39, 0.29) is 16.9 Å². The van der Waals surface area contributed by atoms with E-state index in [0.717, 1.165) is 0 Å². The number of aryl methyl sites for hydroxylation is 1. The van der Waals surface area contributed by atoms with Gasteiger partial charge >= 0.3 is 12.6 Å². The smallest absolute Gasteiger partial charge is 0.387 e. The molecule has 0 saturated carbocycles. The predicted molar refractivity (Wildman–Crippen MR) is 55.1 cm³/mol. The standard InChI is InChI=1S/C11H12F2O4/c1-5-3-4-7(17-11(12)13)6(2)8(5)9(14)10(15)16/h3-4,9,11,14H,1-2H3,(H,15,16). The van der Waals surface area contributed by atoms with Crippen LogP contribution in [0.4, 0.5) is 8.78 Å². The van der Waals surface area contributed by atoms with Gasteiger partial charge in [-0.15, -0.1) is 0 Å². The van der Waals surface area contributed by atoms with E-state index in [1.165, 1.54) is 19.1 Å². The minimum atomic E-state index is -2.99. The van der Waals surface area contributed by atoms with Gasteiger partial charge in [-0.25, -0.2) is 4.79 Å². The quantitative estimate of drug-likeness (QED) is 0.852. The molecule has 6 heteroatoms. The number of carbonyl (C=O) groups is 1. The third kappa shape index (κ3) is 2.91. The second kappa shape index (κ2) is 5.09. The van der Waals surface area contributed by atoms with Gasteiger partial charge in [0.25, 0.3) is 0 Å². The van der Waals surface area contributed by atoms with E-state index >= 15 is 0 Å². The largest absolute Gasteiger partial charge is 0.479 e. The molecule has 17 heavy (non-hydrogen) atoms. The molecule has 4 nitrogen and oxygen atoms in total. The summed E-state index contributed by atoms with van der Waals surface area (Å²) in [6.45, 7) is 0.0126. The predicted octanol–water partition coefficient (Wildman–Crippen LogP) is 2.02. The molecular formula is C11H12F2O4. The summed E-state index contributed by atoms with van der Waals surface area (Å²) in [7, 11) is 0. The fourth-order valence-electron chi connectivity index (χ4n) is 1.61. The van der Waals surface area contributed by atoms with Gasteiger partial charge < -0.3 is 14.9 Å². The summed E-state index contributed by atoms with van der Waals surface area (Å²) in [5.74, 6) is -1.58. The lowest BCUT2D eigenvalue weighted by Crippen LogP contribution is -2.14. The number of hydrogen-bond acceptors (Lipinski definition) is 3. The van der Waals surface area contributed by atoms with Crippen LogP contribution in [0.2, 0.25) is 0 Å². The Morgan fingerprint density at radius 2 is 1.94 bits per heavy atom. The van der Waals surface area contributed by atoms with Crippen LogP contribution in [-0.2, 0) is 4.79 Å². The Kier molecular flexibility index (Phi) is 4.01. The lowest BCUT2D eigenvalue weighted by molar-refractivity contribution is -0.147. The molecule has 0 heterocycles. The van der Waals surface area contributed by atoms with Gasteiger partial charge in [-0.3, -0.25) is 0 Å². The molecule has 0 fully saturated rings. The Hall–Kier alpha value is -1.69. The van der Waals surface area contributed by atoms with Crippen LogP contribution in [0.15, 0.2) is 12.1 Å². The summed E-state index contributed by atoms with van der Waals surface area (Å²) in [6.07, 6.45) is -1.75. The molecular weight excluding hydrogens is 234 g/mol. The summed E-state index contributed by atoms with van der Waals surface area (Å²) in [6, 6.07) is 2.74. The number of aliphatic hydroxyl groups excluding tert-OH is 1. The molecule has 1 aromatic rings. The fourth-order valence-corrected chi connectivity index (χ4v) is 1.61. The van der Waals surface area contributed by atoms with Gasteiger partial charge in [-0.05, 0) is 31.0 Å². The Bertz CT molecular complexity index is 432. The minimum Gasteiger partial charge on any atom is -0.479 e. The summed E-state index contributed by atoms with van der Waals surface area (Å²) in [5.41, 5.74) is 0.773. The topological polar surface area (TPSA) is 66.8 Å². The molecule has 94 valence electrons. The summed E-state index contributed by atoms with van der Waals surface area (Å²) in [4.78, 5) is 10.7. The van der Waals surface area contributed by atoms with E-state index in [2.05, 4.69) is 4.74 Å². The first-order chi connectivity index (χ1) is 7.84. The normalized spacial score (nSPS) is 12.6. The molecule has 1 rings (SSSR count). The molecule has 0 aromatic heterocycles. The maximum Gasteiger partial charge on any atom is 0.387 e. The van der Waals surface area contributed by atoms with E-state index in [9.17, 15) is 18.7 Å². The van der Waals surface area contributed by atoms with Crippen molar-refractivity contribution in [1.82, 2.24) is 0 Å². The Morgan fingerprint density at radius 3 is 2.41 bits per heavy atom. The lowest BCUT2D eigenvalue weighted by Gasteiger charge is -2.16. The van der Waals surface area contributed by atoms with Crippen LogP contribution in [0, 0.1) is 13.8 Å². The number of benzene rings is 1. The van der Waals surface area contributed by atoms with Gasteiger partial charge in [0.05, 0.1) is 0 Å². The number of ether oxygens (including phenoxy) is 1. The van der Waals surface area contributed by atoms with Crippen molar-refractivity contribution in [2.24, 2.45) is 0 Å². The summed E-state index contributed by atoms with van der Waals surface area (Å²) < 4.78 is 28.4. The van der Waals surface area contributed by atoms with Crippen LogP contribution in [-0.4, -0.2) is 22.8 Å². The average Bonchev–Trinajstić information content (AvgIpc) is 2.21. The SMILES string of the molecule is Cc1ccc(OC(F)F)c(C)c1C(O)C(=O)O. The number of aliphatic carboxylic acids is 1. The fraction of sp³-hybridized carbons (Fsp3) is 0.364. The first-order valence-electron chi connectivity index (χ1n) is 4.80. The highest BCUT2D eigenvalue weighted by molar-refractivity contribution is 5.75. The molecule has 1 aromatic carbocycles. The molecule has 2 N–H and O–H groups in total. The van der Waals surface area contributed by atoms with Crippen molar-refractivity contribution in [1.29, 1.82) is 0 Å². The van der Waals surface area contributed by atoms with Crippen LogP contribution < -0.4 is 4.74 Å². The van der Waals surface area contributed by atoms with E-state index in [1.807, 2.05) is 0 Å². The molecule has 0 aliphatic rings.